The minimum atomic E-state index is 0.678. The zero-order valence-corrected chi connectivity index (χ0v) is 13.5. The second-order valence-corrected chi connectivity index (χ2v) is 6.45. The largest absolute Gasteiger partial charge is 0.330 e. The lowest BCUT2D eigenvalue weighted by Crippen LogP contribution is -2.02. The van der Waals surface area contributed by atoms with E-state index < -0.39 is 0 Å². The minimum absolute atomic E-state index is 0.678. The average Bonchev–Trinajstić information content (AvgIpc) is 2.32. The smallest absolute Gasteiger partial charge is 0.101 e. The Kier molecular flexibility index (Phi) is 5.02. The lowest BCUT2D eigenvalue weighted by atomic mass is 10.2. The molecular weight excluding hydrogens is 320 g/mol. The molecule has 2 aromatic rings. The summed E-state index contributed by atoms with van der Waals surface area (Å²) in [6.07, 6.45) is 0.908. The Bertz CT molecular complexity index is 564. The van der Waals surface area contributed by atoms with E-state index in [-0.39, 0.29) is 0 Å². The summed E-state index contributed by atoms with van der Waals surface area (Å²) in [5.74, 6) is 0. The first-order valence-electron chi connectivity index (χ1n) is 6.20. The Morgan fingerprint density at radius 3 is 2.63 bits per heavy atom. The summed E-state index contributed by atoms with van der Waals surface area (Å²) in [6, 6.07) is 10.6. The van der Waals surface area contributed by atoms with Crippen LogP contribution in [0.25, 0.3) is 0 Å². The number of pyridine rings is 1. The standard InChI is InChI=1S/C15H17BrN2S/c1-10-7-11(2)18-15(8-10)19-14-4-3-12(5-6-17)9-13(14)16/h3-4,7-9H,5-6,17H2,1-2H3. The second kappa shape index (κ2) is 6.55. The van der Waals surface area contributed by atoms with Gasteiger partial charge in [-0.3, -0.25) is 0 Å². The predicted molar refractivity (Wildman–Crippen MR) is 84.7 cm³/mol. The van der Waals surface area contributed by atoms with Crippen molar-refractivity contribution >= 4 is 27.7 Å². The molecule has 0 unspecified atom stereocenters. The van der Waals surface area contributed by atoms with Crippen LogP contribution < -0.4 is 5.73 Å². The number of hydrogen-bond donors (Lipinski definition) is 1. The predicted octanol–water partition coefficient (Wildman–Crippen LogP) is 4.11. The molecule has 2 nitrogen and oxygen atoms in total. The highest BCUT2D eigenvalue weighted by Crippen LogP contribution is 2.33. The number of benzene rings is 1. The van der Waals surface area contributed by atoms with Crippen LogP contribution in [0.3, 0.4) is 0 Å². The number of nitrogens with two attached hydrogens (primary N) is 1. The summed E-state index contributed by atoms with van der Waals surface area (Å²) in [6.45, 7) is 4.80. The number of halogens is 1. The third-order valence-electron chi connectivity index (χ3n) is 2.72. The summed E-state index contributed by atoms with van der Waals surface area (Å²) >= 11 is 5.30. The molecule has 0 saturated carbocycles. The van der Waals surface area contributed by atoms with Gasteiger partial charge in [0.1, 0.15) is 5.03 Å². The van der Waals surface area contributed by atoms with Gasteiger partial charge < -0.3 is 5.73 Å². The van der Waals surface area contributed by atoms with Crippen molar-refractivity contribution in [3.05, 3.63) is 51.6 Å². The van der Waals surface area contributed by atoms with Gasteiger partial charge in [-0.15, -0.1) is 0 Å². The molecule has 1 aromatic carbocycles. The molecule has 0 bridgehead atoms. The van der Waals surface area contributed by atoms with E-state index in [9.17, 15) is 0 Å². The molecule has 0 radical (unpaired) electrons. The van der Waals surface area contributed by atoms with Crippen LogP contribution >= 0.6 is 27.7 Å². The number of aromatic nitrogens is 1. The van der Waals surface area contributed by atoms with Crippen molar-refractivity contribution in [2.75, 3.05) is 6.54 Å². The third-order valence-corrected chi connectivity index (χ3v) is 4.63. The highest BCUT2D eigenvalue weighted by atomic mass is 79.9. The first kappa shape index (κ1) is 14.6. The molecular formula is C15H17BrN2S. The Balaban J connectivity index is 2.23. The van der Waals surface area contributed by atoms with Crippen LogP contribution in [0.4, 0.5) is 0 Å². The van der Waals surface area contributed by atoms with Crippen molar-refractivity contribution in [2.45, 2.75) is 30.2 Å². The molecule has 19 heavy (non-hydrogen) atoms. The maximum Gasteiger partial charge on any atom is 0.101 e. The molecule has 4 heteroatoms. The zero-order chi connectivity index (χ0) is 13.8. The summed E-state index contributed by atoms with van der Waals surface area (Å²) < 4.78 is 1.10. The molecule has 1 heterocycles. The minimum Gasteiger partial charge on any atom is -0.330 e. The molecule has 2 N–H and O–H groups in total. The van der Waals surface area contributed by atoms with Gasteiger partial charge in [-0.05, 0) is 78.1 Å². The SMILES string of the molecule is Cc1cc(C)nc(Sc2ccc(CCN)cc2Br)c1. The van der Waals surface area contributed by atoms with E-state index in [1.807, 2.05) is 6.92 Å². The molecule has 0 aliphatic heterocycles. The van der Waals surface area contributed by atoms with Crippen molar-refractivity contribution in [3.8, 4) is 0 Å². The normalized spacial score (nSPS) is 10.7. The van der Waals surface area contributed by atoms with E-state index in [1.54, 1.807) is 11.8 Å². The Hall–Kier alpha value is -0.840. The molecule has 0 spiro atoms. The molecule has 0 fully saturated rings. The summed E-state index contributed by atoms with van der Waals surface area (Å²) in [4.78, 5) is 5.73. The van der Waals surface area contributed by atoms with Crippen LogP contribution in [0.5, 0.6) is 0 Å². The van der Waals surface area contributed by atoms with E-state index in [0.717, 1.165) is 21.6 Å². The topological polar surface area (TPSA) is 38.9 Å². The van der Waals surface area contributed by atoms with E-state index >= 15 is 0 Å². The first-order chi connectivity index (χ1) is 9.08. The molecule has 0 aliphatic carbocycles. The number of nitrogens with zero attached hydrogens (tertiary/aromatic N) is 1. The van der Waals surface area contributed by atoms with Crippen LogP contribution in [-0.2, 0) is 6.42 Å². The molecule has 0 amide bonds. The van der Waals surface area contributed by atoms with Crippen LogP contribution in [-0.4, -0.2) is 11.5 Å². The highest BCUT2D eigenvalue weighted by molar-refractivity contribution is 9.10. The van der Waals surface area contributed by atoms with Gasteiger partial charge in [-0.25, -0.2) is 4.98 Å². The zero-order valence-electron chi connectivity index (χ0n) is 11.1. The van der Waals surface area contributed by atoms with Gasteiger partial charge in [0.15, 0.2) is 0 Å². The first-order valence-corrected chi connectivity index (χ1v) is 7.81. The van der Waals surface area contributed by atoms with Crippen LogP contribution in [0.2, 0.25) is 0 Å². The molecule has 2 rings (SSSR count). The van der Waals surface area contributed by atoms with Crippen molar-refractivity contribution in [1.82, 2.24) is 4.98 Å². The van der Waals surface area contributed by atoms with Gasteiger partial charge in [-0.2, -0.15) is 0 Å². The van der Waals surface area contributed by atoms with Crippen LogP contribution in [0.15, 0.2) is 44.7 Å². The van der Waals surface area contributed by atoms with Crippen molar-refractivity contribution in [2.24, 2.45) is 5.73 Å². The summed E-state index contributed by atoms with van der Waals surface area (Å²) in [5, 5.41) is 1.03. The Labute approximate surface area is 126 Å². The van der Waals surface area contributed by atoms with Gasteiger partial charge in [-0.1, -0.05) is 17.8 Å². The fourth-order valence-corrected chi connectivity index (χ4v) is 3.54. The van der Waals surface area contributed by atoms with Gasteiger partial charge in [0.05, 0.1) is 0 Å². The fourth-order valence-electron chi connectivity index (χ4n) is 1.92. The van der Waals surface area contributed by atoms with Crippen LogP contribution in [0.1, 0.15) is 16.8 Å². The molecule has 1 aromatic heterocycles. The lowest BCUT2D eigenvalue weighted by molar-refractivity contribution is 0.964. The monoisotopic (exact) mass is 336 g/mol. The Morgan fingerprint density at radius 1 is 1.21 bits per heavy atom. The molecule has 0 saturated heterocycles. The van der Waals surface area contributed by atoms with Gasteiger partial charge in [0, 0.05) is 15.1 Å². The van der Waals surface area contributed by atoms with Gasteiger partial charge in [0.25, 0.3) is 0 Å². The molecule has 0 atom stereocenters. The molecule has 100 valence electrons. The summed E-state index contributed by atoms with van der Waals surface area (Å²) in [5.41, 5.74) is 9.13. The maximum absolute atomic E-state index is 5.58. The van der Waals surface area contributed by atoms with E-state index in [4.69, 9.17) is 5.73 Å². The van der Waals surface area contributed by atoms with Crippen molar-refractivity contribution in [3.63, 3.8) is 0 Å². The second-order valence-electron chi connectivity index (χ2n) is 4.53. The quantitative estimate of drug-likeness (QED) is 0.912. The fraction of sp³-hybridized carbons (Fsp3) is 0.267. The van der Waals surface area contributed by atoms with E-state index in [2.05, 4.69) is 58.2 Å². The van der Waals surface area contributed by atoms with Gasteiger partial charge >= 0.3 is 0 Å². The van der Waals surface area contributed by atoms with Crippen LogP contribution in [0, 0.1) is 13.8 Å². The average molecular weight is 337 g/mol. The lowest BCUT2D eigenvalue weighted by Gasteiger charge is -2.07. The van der Waals surface area contributed by atoms with E-state index in [0.29, 0.717) is 6.54 Å². The maximum atomic E-state index is 5.58. The van der Waals surface area contributed by atoms with E-state index in [1.165, 1.54) is 16.0 Å². The Morgan fingerprint density at radius 2 is 2.00 bits per heavy atom. The van der Waals surface area contributed by atoms with Crippen molar-refractivity contribution in [1.29, 1.82) is 0 Å². The third kappa shape index (κ3) is 4.06. The highest BCUT2D eigenvalue weighted by Gasteiger charge is 2.06. The number of aryl methyl sites for hydroxylation is 2. The van der Waals surface area contributed by atoms with Gasteiger partial charge in [0.2, 0.25) is 0 Å². The number of hydrogen-bond acceptors (Lipinski definition) is 3. The molecule has 0 aliphatic rings. The number of rotatable bonds is 4. The van der Waals surface area contributed by atoms with Crippen molar-refractivity contribution < 1.29 is 0 Å². The summed E-state index contributed by atoms with van der Waals surface area (Å²) in [7, 11) is 0.